The molecule has 2 aliphatic heterocycles. The summed E-state index contributed by atoms with van der Waals surface area (Å²) in [6, 6.07) is 5.57. The van der Waals surface area contributed by atoms with Crippen LogP contribution in [0, 0.1) is 0 Å². The lowest BCUT2D eigenvalue weighted by Gasteiger charge is -2.30. The molecule has 0 spiro atoms. The molecule has 0 radical (unpaired) electrons. The van der Waals surface area contributed by atoms with Gasteiger partial charge in [0.15, 0.2) is 17.2 Å². The molecule has 0 N–H and O–H groups in total. The Morgan fingerprint density at radius 3 is 2.73 bits per heavy atom. The van der Waals surface area contributed by atoms with Crippen molar-refractivity contribution in [3.8, 4) is 0 Å². The van der Waals surface area contributed by atoms with Crippen LogP contribution in [-0.2, 0) is 4.74 Å². The van der Waals surface area contributed by atoms with E-state index in [1.54, 1.807) is 0 Å². The number of hydrogen-bond donors (Lipinski definition) is 0. The summed E-state index contributed by atoms with van der Waals surface area (Å²) in [4.78, 5) is 6.87. The Hall–Kier alpha value is -2.12. The van der Waals surface area contributed by atoms with Gasteiger partial charge in [-0.25, -0.2) is 0 Å². The second-order valence-corrected chi connectivity index (χ2v) is 7.40. The van der Waals surface area contributed by atoms with E-state index in [2.05, 4.69) is 20.2 Å². The van der Waals surface area contributed by atoms with Crippen LogP contribution < -0.4 is 4.90 Å². The van der Waals surface area contributed by atoms with Gasteiger partial charge in [-0.2, -0.15) is 4.98 Å². The third kappa shape index (κ3) is 2.85. The quantitative estimate of drug-likeness (QED) is 0.690. The average molecular weight is 375 g/mol. The zero-order valence-corrected chi connectivity index (χ0v) is 15.0. The van der Waals surface area contributed by atoms with E-state index < -0.39 is 0 Å². The van der Waals surface area contributed by atoms with E-state index in [0.29, 0.717) is 11.6 Å². The molecule has 1 unspecified atom stereocenters. The van der Waals surface area contributed by atoms with Gasteiger partial charge in [-0.15, -0.1) is 0 Å². The molecule has 1 aromatic carbocycles. The third-order valence-corrected chi connectivity index (χ3v) is 5.54. The summed E-state index contributed by atoms with van der Waals surface area (Å²) in [5.41, 5.74) is 0.756. The number of hydrogen-bond acceptors (Lipinski definition) is 7. The molecule has 4 heterocycles. The molecular weight excluding hydrogens is 356 g/mol. The van der Waals surface area contributed by atoms with Gasteiger partial charge in [0.25, 0.3) is 0 Å². The van der Waals surface area contributed by atoms with Crippen molar-refractivity contribution in [3.63, 3.8) is 0 Å². The molecule has 0 aliphatic carbocycles. The van der Waals surface area contributed by atoms with Crippen molar-refractivity contribution in [3.05, 3.63) is 34.9 Å². The normalized spacial score (nSPS) is 21.7. The molecule has 2 aromatic heterocycles. The van der Waals surface area contributed by atoms with Crippen molar-refractivity contribution in [2.45, 2.75) is 31.1 Å². The zero-order valence-electron chi connectivity index (χ0n) is 14.2. The van der Waals surface area contributed by atoms with E-state index in [1.807, 2.05) is 18.2 Å². The maximum absolute atomic E-state index is 6.12. The van der Waals surface area contributed by atoms with E-state index in [9.17, 15) is 0 Å². The number of fused-ring (bicyclic) bond motifs is 1. The first-order valence-corrected chi connectivity index (χ1v) is 9.37. The number of rotatable bonds is 3. The summed E-state index contributed by atoms with van der Waals surface area (Å²) in [7, 11) is 0. The van der Waals surface area contributed by atoms with Gasteiger partial charge in [-0.05, 0) is 37.5 Å². The molecule has 1 atom stereocenters. The van der Waals surface area contributed by atoms with Crippen LogP contribution >= 0.6 is 11.6 Å². The molecular formula is C18H19ClN4O3. The van der Waals surface area contributed by atoms with E-state index >= 15 is 0 Å². The minimum atomic E-state index is 0.277. The summed E-state index contributed by atoms with van der Waals surface area (Å²) in [6.07, 6.45) is 2.86. The Labute approximate surface area is 155 Å². The predicted octanol–water partition coefficient (Wildman–Crippen LogP) is 3.75. The van der Waals surface area contributed by atoms with Gasteiger partial charge in [0.2, 0.25) is 5.89 Å². The molecule has 26 heavy (non-hydrogen) atoms. The lowest BCUT2D eigenvalue weighted by atomic mass is 9.96. The first-order valence-electron chi connectivity index (χ1n) is 8.99. The highest BCUT2D eigenvalue weighted by molar-refractivity contribution is 6.31. The summed E-state index contributed by atoms with van der Waals surface area (Å²) >= 11 is 6.12. The second kappa shape index (κ2) is 6.55. The van der Waals surface area contributed by atoms with E-state index in [4.69, 9.17) is 25.4 Å². The van der Waals surface area contributed by atoms with Crippen molar-refractivity contribution >= 4 is 28.4 Å². The molecule has 8 heteroatoms. The van der Waals surface area contributed by atoms with Crippen molar-refractivity contribution in [2.75, 3.05) is 31.2 Å². The van der Waals surface area contributed by atoms with E-state index in [0.717, 1.165) is 67.5 Å². The van der Waals surface area contributed by atoms with Crippen molar-refractivity contribution in [2.24, 2.45) is 0 Å². The maximum Gasteiger partial charge on any atom is 0.229 e. The summed E-state index contributed by atoms with van der Waals surface area (Å²) < 4.78 is 16.4. The highest BCUT2D eigenvalue weighted by atomic mass is 35.5. The minimum Gasteiger partial charge on any atom is -0.381 e. The van der Waals surface area contributed by atoms with Gasteiger partial charge in [0, 0.05) is 36.6 Å². The van der Waals surface area contributed by atoms with Crippen LogP contribution in [0.2, 0.25) is 5.02 Å². The molecule has 0 bridgehead atoms. The number of anilines is 1. The zero-order chi connectivity index (χ0) is 17.5. The fraction of sp³-hybridized carbons (Fsp3) is 0.500. The van der Waals surface area contributed by atoms with Crippen LogP contribution in [0.25, 0.3) is 11.0 Å². The molecule has 2 fully saturated rings. The third-order valence-electron chi connectivity index (χ3n) is 5.31. The largest absolute Gasteiger partial charge is 0.381 e. The van der Waals surface area contributed by atoms with Gasteiger partial charge in [-0.3, -0.25) is 0 Å². The van der Waals surface area contributed by atoms with Gasteiger partial charge in [-0.1, -0.05) is 21.9 Å². The minimum absolute atomic E-state index is 0.277. The van der Waals surface area contributed by atoms with Crippen LogP contribution in [0.4, 0.5) is 5.82 Å². The van der Waals surface area contributed by atoms with Crippen molar-refractivity contribution in [1.29, 1.82) is 0 Å². The van der Waals surface area contributed by atoms with Crippen LogP contribution in [0.5, 0.6) is 0 Å². The SMILES string of the molecule is Clc1ccc2onc(N3CCC(c4nc(C5CCOC5)no4)CC3)c2c1. The Morgan fingerprint density at radius 2 is 1.92 bits per heavy atom. The van der Waals surface area contributed by atoms with E-state index in [1.165, 1.54) is 0 Å². The molecule has 136 valence electrons. The van der Waals surface area contributed by atoms with Gasteiger partial charge in [0.1, 0.15) is 0 Å². The Kier molecular flexibility index (Phi) is 4.05. The van der Waals surface area contributed by atoms with Gasteiger partial charge >= 0.3 is 0 Å². The number of benzene rings is 1. The average Bonchev–Trinajstić information content (AvgIpc) is 3.41. The molecule has 0 saturated carbocycles. The van der Waals surface area contributed by atoms with Crippen LogP contribution in [0.1, 0.15) is 42.8 Å². The molecule has 5 rings (SSSR count). The van der Waals surface area contributed by atoms with Gasteiger partial charge in [0.05, 0.1) is 12.0 Å². The molecule has 0 amide bonds. The number of halogens is 1. The highest BCUT2D eigenvalue weighted by Crippen LogP contribution is 2.34. The number of aromatic nitrogens is 3. The highest BCUT2D eigenvalue weighted by Gasteiger charge is 2.29. The molecule has 7 nitrogen and oxygen atoms in total. The molecule has 2 aliphatic rings. The molecule has 2 saturated heterocycles. The maximum atomic E-state index is 6.12. The standard InChI is InChI=1S/C18H19ClN4O3/c19-13-1-2-15-14(9-13)17(22-25-15)23-6-3-11(4-7-23)18-20-16(21-26-18)12-5-8-24-10-12/h1-2,9,11-12H,3-8,10H2. The number of nitrogens with zero attached hydrogens (tertiary/aromatic N) is 4. The van der Waals surface area contributed by atoms with Crippen molar-refractivity contribution < 1.29 is 13.8 Å². The summed E-state index contributed by atoms with van der Waals surface area (Å²) in [5.74, 6) is 2.96. The lowest BCUT2D eigenvalue weighted by molar-refractivity contribution is 0.192. The summed E-state index contributed by atoms with van der Waals surface area (Å²) in [6.45, 7) is 3.20. The smallest absolute Gasteiger partial charge is 0.229 e. The first-order chi connectivity index (χ1) is 12.8. The Bertz CT molecular complexity index is 910. The van der Waals surface area contributed by atoms with Crippen LogP contribution in [0.15, 0.2) is 27.2 Å². The first kappa shape index (κ1) is 16.1. The van der Waals surface area contributed by atoms with Crippen LogP contribution in [0.3, 0.4) is 0 Å². The number of piperidine rings is 1. The summed E-state index contributed by atoms with van der Waals surface area (Å²) in [5, 5.41) is 10.1. The number of ether oxygens (including phenoxy) is 1. The van der Waals surface area contributed by atoms with Crippen LogP contribution in [-0.4, -0.2) is 41.6 Å². The lowest BCUT2D eigenvalue weighted by Crippen LogP contribution is -2.33. The fourth-order valence-electron chi connectivity index (χ4n) is 3.78. The Balaban J connectivity index is 1.29. The second-order valence-electron chi connectivity index (χ2n) is 6.96. The fourth-order valence-corrected chi connectivity index (χ4v) is 3.95. The van der Waals surface area contributed by atoms with Crippen molar-refractivity contribution in [1.82, 2.24) is 15.3 Å². The topological polar surface area (TPSA) is 77.4 Å². The van der Waals surface area contributed by atoms with Gasteiger partial charge < -0.3 is 18.7 Å². The van der Waals surface area contributed by atoms with E-state index in [-0.39, 0.29) is 11.8 Å². The predicted molar refractivity (Wildman–Crippen MR) is 95.7 cm³/mol. The monoisotopic (exact) mass is 374 g/mol. The Morgan fingerprint density at radius 1 is 1.04 bits per heavy atom. The molecule has 3 aromatic rings.